The van der Waals surface area contributed by atoms with Crippen molar-refractivity contribution in [1.29, 1.82) is 0 Å². The third-order valence-corrected chi connectivity index (χ3v) is 3.34. The van der Waals surface area contributed by atoms with Crippen molar-refractivity contribution in [1.82, 2.24) is 9.55 Å². The van der Waals surface area contributed by atoms with E-state index in [2.05, 4.69) is 4.98 Å². The smallest absolute Gasteiger partial charge is 0.330 e. The summed E-state index contributed by atoms with van der Waals surface area (Å²) >= 11 is 0. The molecule has 1 aromatic rings. The number of methoxy groups -OCH3 is 2. The zero-order chi connectivity index (χ0) is 14.9. The van der Waals surface area contributed by atoms with Gasteiger partial charge in [-0.2, -0.15) is 0 Å². The van der Waals surface area contributed by atoms with Gasteiger partial charge in [-0.1, -0.05) is 0 Å². The molecule has 1 aliphatic heterocycles. The highest BCUT2D eigenvalue weighted by Gasteiger charge is 2.45. The standard InChI is InChI=1S/C12H18N2O6/c1-6-4-14(12(17)13-10(6)16)11-9(19-3)8(15)7(20-11)5-18-2/h4,7-9,11,15H,5H2,1-3H3,(H,13,16,17)/t7-,8+,9-,11-/m1/s1. The number of aliphatic hydroxyl groups excluding tert-OH is 1. The Kier molecular flexibility index (Phi) is 4.39. The van der Waals surface area contributed by atoms with E-state index in [9.17, 15) is 14.7 Å². The fraction of sp³-hybridized carbons (Fsp3) is 0.667. The van der Waals surface area contributed by atoms with Gasteiger partial charge in [-0.15, -0.1) is 0 Å². The zero-order valence-corrected chi connectivity index (χ0v) is 11.5. The lowest BCUT2D eigenvalue weighted by Gasteiger charge is -2.20. The Balaban J connectivity index is 2.39. The van der Waals surface area contributed by atoms with Crippen molar-refractivity contribution in [3.63, 3.8) is 0 Å². The molecule has 2 rings (SSSR count). The lowest BCUT2D eigenvalue weighted by Crippen LogP contribution is -2.39. The van der Waals surface area contributed by atoms with Crippen LogP contribution in [-0.2, 0) is 14.2 Å². The first-order valence-corrected chi connectivity index (χ1v) is 6.17. The van der Waals surface area contributed by atoms with Crippen LogP contribution in [0.3, 0.4) is 0 Å². The first-order chi connectivity index (χ1) is 9.49. The van der Waals surface area contributed by atoms with Crippen molar-refractivity contribution < 1.29 is 19.3 Å². The van der Waals surface area contributed by atoms with Crippen molar-refractivity contribution in [3.05, 3.63) is 32.6 Å². The third-order valence-electron chi connectivity index (χ3n) is 3.34. The predicted octanol–water partition coefficient (Wildman–Crippen LogP) is -1.24. The zero-order valence-electron chi connectivity index (χ0n) is 11.5. The van der Waals surface area contributed by atoms with Gasteiger partial charge in [0.25, 0.3) is 5.56 Å². The highest BCUT2D eigenvalue weighted by Crippen LogP contribution is 2.30. The lowest BCUT2D eigenvalue weighted by atomic mass is 10.1. The molecule has 8 nitrogen and oxygen atoms in total. The van der Waals surface area contributed by atoms with Crippen molar-refractivity contribution in [2.24, 2.45) is 0 Å². The van der Waals surface area contributed by atoms with Crippen LogP contribution >= 0.6 is 0 Å². The number of H-pyrrole nitrogens is 1. The van der Waals surface area contributed by atoms with E-state index in [0.717, 1.165) is 0 Å². The summed E-state index contributed by atoms with van der Waals surface area (Å²) in [5.74, 6) is 0. The molecular formula is C12H18N2O6. The molecule has 20 heavy (non-hydrogen) atoms. The Morgan fingerprint density at radius 2 is 2.15 bits per heavy atom. The first-order valence-electron chi connectivity index (χ1n) is 6.17. The van der Waals surface area contributed by atoms with Gasteiger partial charge in [0.2, 0.25) is 0 Å². The molecule has 0 saturated carbocycles. The first kappa shape index (κ1) is 14.9. The number of aliphatic hydroxyl groups is 1. The quantitative estimate of drug-likeness (QED) is 0.718. The van der Waals surface area contributed by atoms with Gasteiger partial charge in [0, 0.05) is 26.0 Å². The summed E-state index contributed by atoms with van der Waals surface area (Å²) in [6.07, 6.45) is -1.69. The third kappa shape index (κ3) is 2.55. The van der Waals surface area contributed by atoms with Crippen LogP contribution in [-0.4, -0.2) is 53.8 Å². The Labute approximate surface area is 114 Å². The highest BCUT2D eigenvalue weighted by atomic mass is 16.6. The number of nitrogens with one attached hydrogen (secondary N) is 1. The molecule has 1 aliphatic rings. The molecule has 0 bridgehead atoms. The molecule has 1 saturated heterocycles. The topological polar surface area (TPSA) is 103 Å². The Morgan fingerprint density at radius 1 is 1.45 bits per heavy atom. The van der Waals surface area contributed by atoms with Crippen LogP contribution in [0.1, 0.15) is 11.8 Å². The molecule has 0 aromatic carbocycles. The number of aromatic amines is 1. The van der Waals surface area contributed by atoms with Gasteiger partial charge >= 0.3 is 5.69 Å². The van der Waals surface area contributed by atoms with Crippen LogP contribution in [0.5, 0.6) is 0 Å². The summed E-state index contributed by atoms with van der Waals surface area (Å²) in [7, 11) is 2.91. The SMILES string of the molecule is COC[C@H]1O[C@@H](n2cc(C)c(=O)[nH]c2=O)[C@H](OC)[C@H]1O. The maximum absolute atomic E-state index is 11.9. The average molecular weight is 286 g/mol. The largest absolute Gasteiger partial charge is 0.387 e. The maximum Gasteiger partial charge on any atom is 0.330 e. The minimum Gasteiger partial charge on any atom is -0.387 e. The van der Waals surface area contributed by atoms with Crippen LogP contribution < -0.4 is 11.2 Å². The molecule has 4 atom stereocenters. The van der Waals surface area contributed by atoms with E-state index < -0.39 is 35.8 Å². The second-order valence-electron chi connectivity index (χ2n) is 4.69. The van der Waals surface area contributed by atoms with Crippen molar-refractivity contribution >= 4 is 0 Å². The van der Waals surface area contributed by atoms with E-state index in [1.54, 1.807) is 6.92 Å². The molecule has 1 aromatic heterocycles. The molecule has 0 unspecified atom stereocenters. The summed E-state index contributed by atoms with van der Waals surface area (Å²) in [5.41, 5.74) is -0.696. The van der Waals surface area contributed by atoms with E-state index in [0.29, 0.717) is 5.56 Å². The van der Waals surface area contributed by atoms with Crippen molar-refractivity contribution in [2.45, 2.75) is 31.5 Å². The van der Waals surface area contributed by atoms with E-state index in [1.807, 2.05) is 0 Å². The fourth-order valence-electron chi connectivity index (χ4n) is 2.27. The van der Waals surface area contributed by atoms with Gasteiger partial charge in [-0.3, -0.25) is 14.3 Å². The molecule has 8 heteroatoms. The maximum atomic E-state index is 11.9. The van der Waals surface area contributed by atoms with Crippen LogP contribution in [0, 0.1) is 6.92 Å². The van der Waals surface area contributed by atoms with Crippen molar-refractivity contribution in [2.75, 3.05) is 20.8 Å². The second kappa shape index (κ2) is 5.88. The molecule has 2 N–H and O–H groups in total. The van der Waals surface area contributed by atoms with Crippen LogP contribution in [0.25, 0.3) is 0 Å². The lowest BCUT2D eigenvalue weighted by molar-refractivity contribution is -0.0670. The molecule has 0 amide bonds. The summed E-state index contributed by atoms with van der Waals surface area (Å²) < 4.78 is 17.0. The number of ether oxygens (including phenoxy) is 3. The number of hydrogen-bond donors (Lipinski definition) is 2. The van der Waals surface area contributed by atoms with E-state index in [1.165, 1.54) is 25.0 Å². The molecule has 1 fully saturated rings. The van der Waals surface area contributed by atoms with E-state index in [-0.39, 0.29) is 6.61 Å². The highest BCUT2D eigenvalue weighted by molar-refractivity contribution is 5.03. The molecular weight excluding hydrogens is 268 g/mol. The van der Waals surface area contributed by atoms with Gasteiger partial charge in [-0.05, 0) is 6.92 Å². The Bertz CT molecular complexity index is 580. The Hall–Kier alpha value is -1.48. The molecule has 0 radical (unpaired) electrons. The average Bonchev–Trinajstić information content (AvgIpc) is 2.71. The number of rotatable bonds is 4. The van der Waals surface area contributed by atoms with Crippen molar-refractivity contribution in [3.8, 4) is 0 Å². The number of hydrogen-bond acceptors (Lipinski definition) is 6. The van der Waals surface area contributed by atoms with Gasteiger partial charge < -0.3 is 19.3 Å². The van der Waals surface area contributed by atoms with Gasteiger partial charge in [0.1, 0.15) is 18.3 Å². The summed E-state index contributed by atoms with van der Waals surface area (Å²) in [6.45, 7) is 1.75. The predicted molar refractivity (Wildman–Crippen MR) is 68.6 cm³/mol. The van der Waals surface area contributed by atoms with Crippen LogP contribution in [0.15, 0.2) is 15.8 Å². The van der Waals surface area contributed by atoms with Crippen LogP contribution in [0.4, 0.5) is 0 Å². The fourth-order valence-corrected chi connectivity index (χ4v) is 2.27. The van der Waals surface area contributed by atoms with Gasteiger partial charge in [0.05, 0.1) is 6.61 Å². The second-order valence-corrected chi connectivity index (χ2v) is 4.69. The summed E-state index contributed by atoms with van der Waals surface area (Å²) in [5, 5.41) is 10.1. The number of nitrogens with zero attached hydrogens (tertiary/aromatic N) is 1. The molecule has 112 valence electrons. The molecule has 2 heterocycles. The molecule has 0 aliphatic carbocycles. The minimum atomic E-state index is -0.927. The van der Waals surface area contributed by atoms with Crippen LogP contribution in [0.2, 0.25) is 0 Å². The summed E-state index contributed by atoms with van der Waals surface area (Å²) in [6, 6.07) is 0. The molecule has 0 spiro atoms. The Morgan fingerprint density at radius 3 is 2.75 bits per heavy atom. The van der Waals surface area contributed by atoms with Gasteiger partial charge in [0.15, 0.2) is 6.23 Å². The normalized spacial score (nSPS) is 29.8. The monoisotopic (exact) mass is 286 g/mol. The van der Waals surface area contributed by atoms with E-state index >= 15 is 0 Å². The van der Waals surface area contributed by atoms with E-state index in [4.69, 9.17) is 14.2 Å². The summed E-state index contributed by atoms with van der Waals surface area (Å²) in [4.78, 5) is 25.4. The number of aryl methyl sites for hydroxylation is 1. The number of aromatic nitrogens is 2. The minimum absolute atomic E-state index is 0.175. The van der Waals surface area contributed by atoms with Gasteiger partial charge in [-0.25, -0.2) is 4.79 Å².